The SMILES string of the molecule is CC(=O)Nc1ccc(S(=O)(=O)N[C@@H](C)C(=O)N2CCC(C(=O)Nc3ccccc3)CC2)cc1. The molecule has 0 aromatic heterocycles. The van der Waals surface area contributed by atoms with Crippen molar-refractivity contribution in [2.75, 3.05) is 23.7 Å². The van der Waals surface area contributed by atoms with Gasteiger partial charge in [0.15, 0.2) is 0 Å². The van der Waals surface area contributed by atoms with E-state index in [-0.39, 0.29) is 28.5 Å². The monoisotopic (exact) mass is 472 g/mol. The summed E-state index contributed by atoms with van der Waals surface area (Å²) in [6.07, 6.45) is 1.02. The summed E-state index contributed by atoms with van der Waals surface area (Å²) in [6.45, 7) is 3.62. The number of hydrogen-bond donors (Lipinski definition) is 3. The van der Waals surface area contributed by atoms with Gasteiger partial charge in [0.25, 0.3) is 0 Å². The third-order valence-electron chi connectivity index (χ3n) is 5.41. The van der Waals surface area contributed by atoms with Crippen molar-refractivity contribution in [3.05, 3.63) is 54.6 Å². The van der Waals surface area contributed by atoms with E-state index in [2.05, 4.69) is 15.4 Å². The lowest BCUT2D eigenvalue weighted by Crippen LogP contribution is -2.50. The van der Waals surface area contributed by atoms with Crippen LogP contribution in [0.2, 0.25) is 0 Å². The molecule has 3 rings (SSSR count). The number of nitrogens with zero attached hydrogens (tertiary/aromatic N) is 1. The molecule has 33 heavy (non-hydrogen) atoms. The van der Waals surface area contributed by atoms with E-state index in [0.717, 1.165) is 5.69 Å². The summed E-state index contributed by atoms with van der Waals surface area (Å²) in [5.41, 5.74) is 1.21. The molecular weight excluding hydrogens is 444 g/mol. The summed E-state index contributed by atoms with van der Waals surface area (Å²) in [7, 11) is -3.92. The number of carbonyl (C=O) groups excluding carboxylic acids is 3. The van der Waals surface area contributed by atoms with Crippen LogP contribution in [0, 0.1) is 5.92 Å². The molecule has 0 spiro atoms. The lowest BCUT2D eigenvalue weighted by atomic mass is 9.95. The number of sulfonamides is 1. The second-order valence-corrected chi connectivity index (χ2v) is 9.72. The number of hydrogen-bond acceptors (Lipinski definition) is 5. The molecule has 0 radical (unpaired) electrons. The summed E-state index contributed by atoms with van der Waals surface area (Å²) in [4.78, 5) is 38.0. The van der Waals surface area contributed by atoms with Gasteiger partial charge in [0.1, 0.15) is 0 Å². The Bertz CT molecular complexity index is 1100. The van der Waals surface area contributed by atoms with E-state index in [1.165, 1.54) is 38.1 Å². The van der Waals surface area contributed by atoms with Crippen molar-refractivity contribution in [3.8, 4) is 0 Å². The summed E-state index contributed by atoms with van der Waals surface area (Å²) >= 11 is 0. The highest BCUT2D eigenvalue weighted by atomic mass is 32.2. The molecule has 1 fully saturated rings. The van der Waals surface area contributed by atoms with E-state index in [0.29, 0.717) is 31.6 Å². The van der Waals surface area contributed by atoms with Gasteiger partial charge in [-0.3, -0.25) is 14.4 Å². The Hall–Kier alpha value is -3.24. The van der Waals surface area contributed by atoms with Crippen LogP contribution in [0.5, 0.6) is 0 Å². The van der Waals surface area contributed by atoms with Crippen LogP contribution in [0.25, 0.3) is 0 Å². The van der Waals surface area contributed by atoms with Crippen molar-refractivity contribution in [2.45, 2.75) is 37.6 Å². The van der Waals surface area contributed by atoms with Crippen molar-refractivity contribution < 1.29 is 22.8 Å². The lowest BCUT2D eigenvalue weighted by molar-refractivity contribution is -0.135. The fraction of sp³-hybridized carbons (Fsp3) is 0.348. The summed E-state index contributed by atoms with van der Waals surface area (Å²) < 4.78 is 27.7. The molecule has 3 N–H and O–H groups in total. The zero-order chi connectivity index (χ0) is 24.0. The maximum atomic E-state index is 12.8. The van der Waals surface area contributed by atoms with E-state index in [1.54, 1.807) is 4.90 Å². The van der Waals surface area contributed by atoms with Crippen LogP contribution in [0.15, 0.2) is 59.5 Å². The topological polar surface area (TPSA) is 125 Å². The van der Waals surface area contributed by atoms with Crippen LogP contribution in [0.1, 0.15) is 26.7 Å². The van der Waals surface area contributed by atoms with E-state index >= 15 is 0 Å². The number of para-hydroxylation sites is 1. The Morgan fingerprint density at radius 1 is 0.909 bits per heavy atom. The van der Waals surface area contributed by atoms with Gasteiger partial charge >= 0.3 is 0 Å². The van der Waals surface area contributed by atoms with Crippen LogP contribution < -0.4 is 15.4 Å². The Kier molecular flexibility index (Phi) is 7.83. The number of nitrogens with one attached hydrogen (secondary N) is 3. The van der Waals surface area contributed by atoms with Gasteiger partial charge < -0.3 is 15.5 Å². The Balaban J connectivity index is 1.52. The smallest absolute Gasteiger partial charge is 0.241 e. The highest BCUT2D eigenvalue weighted by molar-refractivity contribution is 7.89. The molecule has 0 bridgehead atoms. The molecular formula is C23H28N4O5S. The fourth-order valence-corrected chi connectivity index (χ4v) is 4.87. The van der Waals surface area contributed by atoms with Crippen molar-refractivity contribution in [2.24, 2.45) is 5.92 Å². The van der Waals surface area contributed by atoms with Crippen molar-refractivity contribution >= 4 is 39.1 Å². The number of anilines is 2. The van der Waals surface area contributed by atoms with Gasteiger partial charge in [-0.2, -0.15) is 4.72 Å². The summed E-state index contributed by atoms with van der Waals surface area (Å²) in [5, 5.41) is 5.45. The number of piperidine rings is 1. The summed E-state index contributed by atoms with van der Waals surface area (Å²) in [6, 6.07) is 13.9. The molecule has 176 valence electrons. The molecule has 0 unspecified atom stereocenters. The fourth-order valence-electron chi connectivity index (χ4n) is 3.67. The first kappa shape index (κ1) is 24.4. The predicted octanol–water partition coefficient (Wildman–Crippen LogP) is 2.19. The molecule has 0 saturated carbocycles. The van der Waals surface area contributed by atoms with E-state index in [1.807, 2.05) is 30.3 Å². The van der Waals surface area contributed by atoms with Crippen molar-refractivity contribution in [1.82, 2.24) is 9.62 Å². The maximum Gasteiger partial charge on any atom is 0.241 e. The van der Waals surface area contributed by atoms with Gasteiger partial charge in [-0.15, -0.1) is 0 Å². The van der Waals surface area contributed by atoms with E-state index < -0.39 is 16.1 Å². The molecule has 1 aliphatic heterocycles. The number of likely N-dealkylation sites (tertiary alicyclic amines) is 1. The normalized spacial score (nSPS) is 15.5. The molecule has 1 aliphatic rings. The van der Waals surface area contributed by atoms with Crippen LogP contribution in [-0.4, -0.2) is 50.2 Å². The zero-order valence-corrected chi connectivity index (χ0v) is 19.4. The molecule has 3 amide bonds. The number of benzene rings is 2. The maximum absolute atomic E-state index is 12.8. The lowest BCUT2D eigenvalue weighted by Gasteiger charge is -2.33. The average Bonchev–Trinajstić information content (AvgIpc) is 2.79. The first-order chi connectivity index (χ1) is 15.7. The number of rotatable bonds is 7. The number of amides is 3. The molecule has 10 heteroatoms. The third kappa shape index (κ3) is 6.62. The zero-order valence-electron chi connectivity index (χ0n) is 18.6. The Labute approximate surface area is 193 Å². The Morgan fingerprint density at radius 2 is 1.48 bits per heavy atom. The summed E-state index contributed by atoms with van der Waals surface area (Å²) in [5.74, 6) is -0.882. The molecule has 0 aliphatic carbocycles. The molecule has 2 aromatic carbocycles. The number of carbonyl (C=O) groups is 3. The minimum atomic E-state index is -3.92. The van der Waals surface area contributed by atoms with Crippen LogP contribution in [0.4, 0.5) is 11.4 Å². The van der Waals surface area contributed by atoms with Gasteiger partial charge in [-0.05, 0) is 56.2 Å². The minimum Gasteiger partial charge on any atom is -0.341 e. The second-order valence-electron chi connectivity index (χ2n) is 8.00. The largest absolute Gasteiger partial charge is 0.341 e. The van der Waals surface area contributed by atoms with Crippen LogP contribution >= 0.6 is 0 Å². The molecule has 1 heterocycles. The highest BCUT2D eigenvalue weighted by Gasteiger charge is 2.31. The average molecular weight is 473 g/mol. The van der Waals surface area contributed by atoms with Crippen LogP contribution in [-0.2, 0) is 24.4 Å². The van der Waals surface area contributed by atoms with Gasteiger partial charge in [-0.1, -0.05) is 18.2 Å². The first-order valence-corrected chi connectivity index (χ1v) is 12.2. The van der Waals surface area contributed by atoms with Gasteiger partial charge in [-0.25, -0.2) is 8.42 Å². The van der Waals surface area contributed by atoms with Crippen molar-refractivity contribution in [1.29, 1.82) is 0 Å². The Morgan fingerprint density at radius 3 is 2.06 bits per heavy atom. The van der Waals surface area contributed by atoms with E-state index in [4.69, 9.17) is 0 Å². The molecule has 9 nitrogen and oxygen atoms in total. The quantitative estimate of drug-likeness (QED) is 0.570. The predicted molar refractivity (Wildman–Crippen MR) is 125 cm³/mol. The van der Waals surface area contributed by atoms with Gasteiger partial charge in [0.05, 0.1) is 10.9 Å². The van der Waals surface area contributed by atoms with Gasteiger partial charge in [0.2, 0.25) is 27.7 Å². The van der Waals surface area contributed by atoms with Crippen molar-refractivity contribution in [3.63, 3.8) is 0 Å². The van der Waals surface area contributed by atoms with Gasteiger partial charge in [0, 0.05) is 37.3 Å². The third-order valence-corrected chi connectivity index (χ3v) is 6.96. The standard InChI is InChI=1S/C23H28N4O5S/c1-16(26-33(31,32)21-10-8-20(9-11-21)24-17(2)28)23(30)27-14-12-18(13-15-27)22(29)25-19-6-4-3-5-7-19/h3-11,16,18,26H,12-15H2,1-2H3,(H,24,28)(H,25,29)/t16-/m0/s1. The molecule has 2 aromatic rings. The minimum absolute atomic E-state index is 0.00690. The highest BCUT2D eigenvalue weighted by Crippen LogP contribution is 2.21. The van der Waals surface area contributed by atoms with E-state index in [9.17, 15) is 22.8 Å². The van der Waals surface area contributed by atoms with Crippen LogP contribution in [0.3, 0.4) is 0 Å². The first-order valence-electron chi connectivity index (χ1n) is 10.7. The molecule has 1 saturated heterocycles. The second kappa shape index (κ2) is 10.6. The molecule has 1 atom stereocenters.